The molecule has 0 spiro atoms. The Bertz CT molecular complexity index is 525. The van der Waals surface area contributed by atoms with Crippen molar-refractivity contribution in [3.05, 3.63) is 39.4 Å². The van der Waals surface area contributed by atoms with Crippen LogP contribution in [-0.2, 0) is 14.3 Å². The minimum atomic E-state index is -1.07. The number of nitro groups is 1. The fraction of sp³-hybridized carbons (Fsp3) is 0.333. The molecule has 1 unspecified atom stereocenters. The Labute approximate surface area is 109 Å². The first-order chi connectivity index (χ1) is 8.86. The second kappa shape index (κ2) is 5.94. The zero-order valence-corrected chi connectivity index (χ0v) is 10.7. The summed E-state index contributed by atoms with van der Waals surface area (Å²) in [4.78, 5) is 33.0. The van der Waals surface area contributed by atoms with Crippen molar-refractivity contribution >= 4 is 17.6 Å². The summed E-state index contributed by atoms with van der Waals surface area (Å²) < 4.78 is 9.23. The van der Waals surface area contributed by atoms with E-state index in [0.29, 0.717) is 5.56 Å². The Morgan fingerprint density at radius 3 is 2.53 bits per heavy atom. The van der Waals surface area contributed by atoms with E-state index in [4.69, 9.17) is 4.74 Å². The summed E-state index contributed by atoms with van der Waals surface area (Å²) in [5, 5.41) is 10.8. The summed E-state index contributed by atoms with van der Waals surface area (Å²) in [6.07, 6.45) is -1.07. The number of esters is 2. The van der Waals surface area contributed by atoms with Gasteiger partial charge in [-0.25, -0.2) is 9.59 Å². The molecule has 0 saturated carbocycles. The van der Waals surface area contributed by atoms with Crippen LogP contribution in [0.1, 0.15) is 22.8 Å². The van der Waals surface area contributed by atoms with Crippen molar-refractivity contribution in [2.45, 2.75) is 20.0 Å². The fourth-order valence-electron chi connectivity index (χ4n) is 1.38. The van der Waals surface area contributed by atoms with Gasteiger partial charge in [-0.05, 0) is 19.9 Å². The molecule has 7 heteroatoms. The maximum Gasteiger partial charge on any atom is 0.346 e. The lowest BCUT2D eigenvalue weighted by atomic mass is 10.1. The minimum Gasteiger partial charge on any atom is -0.466 e. The zero-order valence-electron chi connectivity index (χ0n) is 10.7. The van der Waals surface area contributed by atoms with E-state index < -0.39 is 23.0 Å². The molecule has 1 rings (SSSR count). The molecule has 0 heterocycles. The average molecular weight is 267 g/mol. The van der Waals surface area contributed by atoms with E-state index >= 15 is 0 Å². The first kappa shape index (κ1) is 14.6. The molecule has 7 nitrogen and oxygen atoms in total. The Hall–Kier alpha value is -2.44. The van der Waals surface area contributed by atoms with Gasteiger partial charge in [0, 0.05) is 11.6 Å². The molecule has 0 radical (unpaired) electrons. The molecule has 0 bridgehead atoms. The van der Waals surface area contributed by atoms with E-state index in [1.807, 2.05) is 0 Å². The first-order valence-corrected chi connectivity index (χ1v) is 5.40. The van der Waals surface area contributed by atoms with E-state index in [-0.39, 0.29) is 11.3 Å². The van der Waals surface area contributed by atoms with Crippen molar-refractivity contribution in [1.82, 2.24) is 0 Å². The van der Waals surface area contributed by atoms with Crippen LogP contribution in [-0.4, -0.2) is 30.1 Å². The Balaban J connectivity index is 2.92. The molecule has 0 aliphatic rings. The highest BCUT2D eigenvalue weighted by Crippen LogP contribution is 2.20. The van der Waals surface area contributed by atoms with Crippen molar-refractivity contribution < 1.29 is 24.0 Å². The van der Waals surface area contributed by atoms with Crippen molar-refractivity contribution in [2.24, 2.45) is 0 Å². The number of carbonyl (C=O) groups excluding carboxylic acids is 2. The van der Waals surface area contributed by atoms with E-state index in [2.05, 4.69) is 4.74 Å². The standard InChI is InChI=1S/C12H13NO6/c1-7-4-5-9(6-10(7)13(16)17)12(15)19-8(2)11(14)18-3/h4-6,8H,1-3H3. The van der Waals surface area contributed by atoms with Gasteiger partial charge in [-0.3, -0.25) is 10.1 Å². The number of rotatable bonds is 4. The number of hydrogen-bond acceptors (Lipinski definition) is 6. The van der Waals surface area contributed by atoms with Gasteiger partial charge in [-0.1, -0.05) is 6.07 Å². The van der Waals surface area contributed by atoms with Gasteiger partial charge in [-0.15, -0.1) is 0 Å². The van der Waals surface area contributed by atoms with Crippen LogP contribution >= 0.6 is 0 Å². The molecule has 0 N–H and O–H groups in total. The van der Waals surface area contributed by atoms with E-state index in [9.17, 15) is 19.7 Å². The molecule has 1 atom stereocenters. The molecule has 1 aromatic rings. The predicted molar refractivity (Wildman–Crippen MR) is 64.7 cm³/mol. The monoisotopic (exact) mass is 267 g/mol. The number of ether oxygens (including phenoxy) is 2. The molecule has 0 aliphatic carbocycles. The van der Waals surface area contributed by atoms with Crippen molar-refractivity contribution in [3.8, 4) is 0 Å². The lowest BCUT2D eigenvalue weighted by Crippen LogP contribution is -2.25. The first-order valence-electron chi connectivity index (χ1n) is 5.40. The summed E-state index contributed by atoms with van der Waals surface area (Å²) in [7, 11) is 1.17. The second-order valence-electron chi connectivity index (χ2n) is 3.83. The van der Waals surface area contributed by atoms with Crippen LogP contribution in [0.2, 0.25) is 0 Å². The van der Waals surface area contributed by atoms with Crippen LogP contribution in [0.25, 0.3) is 0 Å². The second-order valence-corrected chi connectivity index (χ2v) is 3.83. The fourth-order valence-corrected chi connectivity index (χ4v) is 1.38. The summed E-state index contributed by atoms with van der Waals surface area (Å²) in [6, 6.07) is 3.95. The van der Waals surface area contributed by atoms with Crippen LogP contribution < -0.4 is 0 Å². The normalized spacial score (nSPS) is 11.5. The molecule has 0 aliphatic heterocycles. The van der Waals surface area contributed by atoms with Crippen LogP contribution in [0.15, 0.2) is 18.2 Å². The zero-order chi connectivity index (χ0) is 14.6. The largest absolute Gasteiger partial charge is 0.466 e. The smallest absolute Gasteiger partial charge is 0.346 e. The molecule has 19 heavy (non-hydrogen) atoms. The summed E-state index contributed by atoms with van der Waals surface area (Å²) in [5.74, 6) is -1.52. The van der Waals surface area contributed by atoms with Crippen LogP contribution in [0.5, 0.6) is 0 Å². The summed E-state index contributed by atoms with van der Waals surface area (Å²) >= 11 is 0. The average Bonchev–Trinajstić information content (AvgIpc) is 2.37. The number of benzene rings is 1. The quantitative estimate of drug-likeness (QED) is 0.467. The van der Waals surface area contributed by atoms with Gasteiger partial charge >= 0.3 is 11.9 Å². The predicted octanol–water partition coefficient (Wildman–Crippen LogP) is 1.62. The number of hydrogen-bond donors (Lipinski definition) is 0. The van der Waals surface area contributed by atoms with Gasteiger partial charge in [-0.2, -0.15) is 0 Å². The van der Waals surface area contributed by atoms with Crippen LogP contribution in [0.3, 0.4) is 0 Å². The van der Waals surface area contributed by atoms with Gasteiger partial charge in [0.05, 0.1) is 17.6 Å². The lowest BCUT2D eigenvalue weighted by molar-refractivity contribution is -0.385. The molecule has 0 amide bonds. The maximum atomic E-state index is 11.7. The molecule has 0 saturated heterocycles. The Morgan fingerprint density at radius 2 is 2.00 bits per heavy atom. The SMILES string of the molecule is COC(=O)C(C)OC(=O)c1ccc(C)c([N+](=O)[O-])c1. The molecule has 0 aromatic heterocycles. The third kappa shape index (κ3) is 3.51. The van der Waals surface area contributed by atoms with Gasteiger partial charge in [0.1, 0.15) is 0 Å². The number of nitrogens with zero attached hydrogens (tertiary/aromatic N) is 1. The highest BCUT2D eigenvalue weighted by Gasteiger charge is 2.21. The lowest BCUT2D eigenvalue weighted by Gasteiger charge is -2.10. The summed E-state index contributed by atoms with van der Waals surface area (Å²) in [6.45, 7) is 2.91. The van der Waals surface area contributed by atoms with E-state index in [0.717, 1.165) is 6.07 Å². The molecule has 102 valence electrons. The van der Waals surface area contributed by atoms with Crippen molar-refractivity contribution in [1.29, 1.82) is 0 Å². The van der Waals surface area contributed by atoms with E-state index in [1.165, 1.54) is 26.2 Å². The number of aryl methyl sites for hydroxylation is 1. The van der Waals surface area contributed by atoms with Crippen LogP contribution in [0.4, 0.5) is 5.69 Å². The Kier molecular flexibility index (Phi) is 4.57. The van der Waals surface area contributed by atoms with Gasteiger partial charge in [0.25, 0.3) is 5.69 Å². The maximum absolute atomic E-state index is 11.7. The number of carbonyl (C=O) groups is 2. The molecular formula is C12H13NO6. The number of nitro benzene ring substituents is 1. The van der Waals surface area contributed by atoms with Crippen LogP contribution in [0, 0.1) is 17.0 Å². The number of methoxy groups -OCH3 is 1. The topological polar surface area (TPSA) is 95.7 Å². The third-order valence-corrected chi connectivity index (χ3v) is 2.46. The van der Waals surface area contributed by atoms with E-state index in [1.54, 1.807) is 6.92 Å². The molecular weight excluding hydrogens is 254 g/mol. The van der Waals surface area contributed by atoms with Gasteiger partial charge in [0.15, 0.2) is 6.10 Å². The Morgan fingerprint density at radius 1 is 1.37 bits per heavy atom. The highest BCUT2D eigenvalue weighted by atomic mass is 16.6. The van der Waals surface area contributed by atoms with Gasteiger partial charge < -0.3 is 9.47 Å². The van der Waals surface area contributed by atoms with Crippen molar-refractivity contribution in [3.63, 3.8) is 0 Å². The highest BCUT2D eigenvalue weighted by molar-refractivity contribution is 5.92. The minimum absolute atomic E-state index is 0.00746. The van der Waals surface area contributed by atoms with Gasteiger partial charge in [0.2, 0.25) is 0 Å². The third-order valence-electron chi connectivity index (χ3n) is 2.46. The van der Waals surface area contributed by atoms with Crippen molar-refractivity contribution in [2.75, 3.05) is 7.11 Å². The molecule has 1 aromatic carbocycles. The molecule has 0 fully saturated rings. The summed E-state index contributed by atoms with van der Waals surface area (Å²) in [5.41, 5.74) is 0.260.